The molecule has 3 nitrogen and oxygen atoms in total. The number of rotatable bonds is 4. The first-order chi connectivity index (χ1) is 8.20. The van der Waals surface area contributed by atoms with Gasteiger partial charge in [-0.2, -0.15) is 0 Å². The van der Waals surface area contributed by atoms with Crippen LogP contribution in [0.4, 0.5) is 0 Å². The van der Waals surface area contributed by atoms with E-state index in [2.05, 4.69) is 10.3 Å². The summed E-state index contributed by atoms with van der Waals surface area (Å²) in [5, 5.41) is 4.21. The van der Waals surface area contributed by atoms with E-state index < -0.39 is 0 Å². The molecule has 0 saturated heterocycles. The van der Waals surface area contributed by atoms with Crippen molar-refractivity contribution in [2.45, 2.75) is 6.42 Å². The van der Waals surface area contributed by atoms with Crippen molar-refractivity contribution in [2.75, 3.05) is 13.6 Å². The summed E-state index contributed by atoms with van der Waals surface area (Å²) >= 11 is 11.9. The Morgan fingerprint density at radius 3 is 2.88 bits per heavy atom. The molecule has 2 aromatic rings. The van der Waals surface area contributed by atoms with E-state index in [-0.39, 0.29) is 0 Å². The number of hydrogen-bond acceptors (Lipinski definition) is 3. The maximum atomic E-state index is 6.09. The summed E-state index contributed by atoms with van der Waals surface area (Å²) in [4.78, 5) is 4.20. The van der Waals surface area contributed by atoms with Crippen LogP contribution in [0, 0.1) is 0 Å². The molecule has 1 N–H and O–H groups in total. The SMILES string of the molecule is CNCCc1ncc(-c2ccc(Cl)cc2Cl)o1. The molecule has 1 aromatic carbocycles. The Bertz CT molecular complexity index is 511. The van der Waals surface area contributed by atoms with Crippen molar-refractivity contribution >= 4 is 23.2 Å². The van der Waals surface area contributed by atoms with E-state index in [9.17, 15) is 0 Å². The van der Waals surface area contributed by atoms with Gasteiger partial charge < -0.3 is 9.73 Å². The van der Waals surface area contributed by atoms with Gasteiger partial charge in [-0.3, -0.25) is 0 Å². The van der Waals surface area contributed by atoms with Crippen LogP contribution in [0.15, 0.2) is 28.8 Å². The highest BCUT2D eigenvalue weighted by molar-refractivity contribution is 6.36. The fraction of sp³-hybridized carbons (Fsp3) is 0.250. The van der Waals surface area contributed by atoms with Gasteiger partial charge in [0.25, 0.3) is 0 Å². The molecule has 5 heteroatoms. The maximum absolute atomic E-state index is 6.09. The molecule has 0 aliphatic heterocycles. The van der Waals surface area contributed by atoms with Gasteiger partial charge in [0.2, 0.25) is 0 Å². The number of aromatic nitrogens is 1. The lowest BCUT2D eigenvalue weighted by molar-refractivity contribution is 0.501. The molecular formula is C12H12Cl2N2O. The van der Waals surface area contributed by atoms with Crippen molar-refractivity contribution in [3.05, 3.63) is 40.3 Å². The van der Waals surface area contributed by atoms with Gasteiger partial charge in [0.1, 0.15) is 0 Å². The Morgan fingerprint density at radius 1 is 1.35 bits per heavy atom. The highest BCUT2D eigenvalue weighted by Gasteiger charge is 2.09. The van der Waals surface area contributed by atoms with Crippen molar-refractivity contribution in [1.82, 2.24) is 10.3 Å². The standard InChI is InChI=1S/C12H12Cl2N2O/c1-15-5-4-12-16-7-11(17-12)9-3-2-8(13)6-10(9)14/h2-3,6-7,15H,4-5H2,1H3. The first-order valence-corrected chi connectivity index (χ1v) is 6.01. The number of nitrogens with one attached hydrogen (secondary N) is 1. The molecule has 0 atom stereocenters. The number of halogens is 2. The summed E-state index contributed by atoms with van der Waals surface area (Å²) in [5.41, 5.74) is 0.805. The topological polar surface area (TPSA) is 38.1 Å². The lowest BCUT2D eigenvalue weighted by Gasteiger charge is -2.00. The number of likely N-dealkylation sites (N-methyl/N-ethyl adjacent to an activating group) is 1. The zero-order valence-electron chi connectivity index (χ0n) is 9.34. The predicted molar refractivity (Wildman–Crippen MR) is 69.6 cm³/mol. The molecule has 0 fully saturated rings. The number of nitrogens with zero attached hydrogens (tertiary/aromatic N) is 1. The van der Waals surface area contributed by atoms with Crippen LogP contribution in [-0.4, -0.2) is 18.6 Å². The number of benzene rings is 1. The van der Waals surface area contributed by atoms with E-state index in [4.69, 9.17) is 27.6 Å². The van der Waals surface area contributed by atoms with E-state index in [1.165, 1.54) is 0 Å². The molecule has 0 bridgehead atoms. The number of oxazole rings is 1. The molecule has 0 radical (unpaired) electrons. The third-order valence-electron chi connectivity index (χ3n) is 2.34. The summed E-state index contributed by atoms with van der Waals surface area (Å²) < 4.78 is 5.61. The minimum atomic E-state index is 0.564. The average Bonchev–Trinajstić information content (AvgIpc) is 2.75. The lowest BCUT2D eigenvalue weighted by Crippen LogP contribution is -2.10. The molecule has 0 amide bonds. The van der Waals surface area contributed by atoms with Crippen LogP contribution in [0.25, 0.3) is 11.3 Å². The third-order valence-corrected chi connectivity index (χ3v) is 2.89. The highest BCUT2D eigenvalue weighted by atomic mass is 35.5. The molecule has 1 aromatic heterocycles. The molecule has 2 rings (SSSR count). The highest BCUT2D eigenvalue weighted by Crippen LogP contribution is 2.30. The molecule has 90 valence electrons. The fourth-order valence-corrected chi connectivity index (χ4v) is 1.97. The molecule has 0 spiro atoms. The van der Waals surface area contributed by atoms with E-state index in [0.717, 1.165) is 18.5 Å². The Balaban J connectivity index is 2.24. The van der Waals surface area contributed by atoms with Crippen LogP contribution in [-0.2, 0) is 6.42 Å². The van der Waals surface area contributed by atoms with Crippen LogP contribution >= 0.6 is 23.2 Å². The minimum Gasteiger partial charge on any atom is -0.441 e. The quantitative estimate of drug-likeness (QED) is 0.926. The van der Waals surface area contributed by atoms with Crippen LogP contribution in [0.3, 0.4) is 0 Å². The van der Waals surface area contributed by atoms with E-state index >= 15 is 0 Å². The Kier molecular flexibility index (Phi) is 4.05. The van der Waals surface area contributed by atoms with Crippen molar-refractivity contribution < 1.29 is 4.42 Å². The molecule has 0 aliphatic rings. The van der Waals surface area contributed by atoms with Crippen molar-refractivity contribution in [1.29, 1.82) is 0 Å². The monoisotopic (exact) mass is 270 g/mol. The molecule has 0 aliphatic carbocycles. The van der Waals surface area contributed by atoms with Gasteiger partial charge in [0.15, 0.2) is 11.7 Å². The van der Waals surface area contributed by atoms with E-state index in [1.54, 1.807) is 18.3 Å². The maximum Gasteiger partial charge on any atom is 0.196 e. The van der Waals surface area contributed by atoms with Crippen LogP contribution in [0.2, 0.25) is 10.0 Å². The summed E-state index contributed by atoms with van der Waals surface area (Å²) in [6.45, 7) is 0.828. The molecule has 1 heterocycles. The first-order valence-electron chi connectivity index (χ1n) is 5.25. The second-order valence-corrected chi connectivity index (χ2v) is 4.44. The van der Waals surface area contributed by atoms with Crippen LogP contribution in [0.5, 0.6) is 0 Å². The van der Waals surface area contributed by atoms with Crippen LogP contribution < -0.4 is 5.32 Å². The van der Waals surface area contributed by atoms with Crippen molar-refractivity contribution in [3.8, 4) is 11.3 Å². The minimum absolute atomic E-state index is 0.564. The largest absolute Gasteiger partial charge is 0.441 e. The van der Waals surface area contributed by atoms with Gasteiger partial charge >= 0.3 is 0 Å². The van der Waals surface area contributed by atoms with E-state index in [1.807, 2.05) is 13.1 Å². The normalized spacial score (nSPS) is 10.8. The summed E-state index contributed by atoms with van der Waals surface area (Å²) in [6, 6.07) is 5.29. The van der Waals surface area contributed by atoms with Gasteiger partial charge in [0.05, 0.1) is 11.2 Å². The summed E-state index contributed by atoms with van der Waals surface area (Å²) in [6.07, 6.45) is 2.43. The Labute approximate surface area is 110 Å². The zero-order chi connectivity index (χ0) is 12.3. The van der Waals surface area contributed by atoms with Crippen molar-refractivity contribution in [3.63, 3.8) is 0 Å². The summed E-state index contributed by atoms with van der Waals surface area (Å²) in [5.74, 6) is 1.36. The van der Waals surface area contributed by atoms with Crippen molar-refractivity contribution in [2.24, 2.45) is 0 Å². The molecular weight excluding hydrogens is 259 g/mol. The molecule has 17 heavy (non-hydrogen) atoms. The summed E-state index contributed by atoms with van der Waals surface area (Å²) in [7, 11) is 1.89. The number of hydrogen-bond donors (Lipinski definition) is 1. The zero-order valence-corrected chi connectivity index (χ0v) is 10.8. The third kappa shape index (κ3) is 3.00. The lowest BCUT2D eigenvalue weighted by atomic mass is 10.2. The Morgan fingerprint density at radius 2 is 2.18 bits per heavy atom. The first kappa shape index (κ1) is 12.4. The second-order valence-electron chi connectivity index (χ2n) is 3.60. The smallest absolute Gasteiger partial charge is 0.196 e. The van der Waals surface area contributed by atoms with Gasteiger partial charge in [-0.25, -0.2) is 4.98 Å². The van der Waals surface area contributed by atoms with Gasteiger partial charge in [-0.05, 0) is 25.2 Å². The van der Waals surface area contributed by atoms with Gasteiger partial charge in [-0.1, -0.05) is 23.2 Å². The molecule has 0 saturated carbocycles. The van der Waals surface area contributed by atoms with Gasteiger partial charge in [0, 0.05) is 23.6 Å². The Hall–Kier alpha value is -1.03. The van der Waals surface area contributed by atoms with E-state index in [0.29, 0.717) is 21.7 Å². The molecule has 0 unspecified atom stereocenters. The average molecular weight is 271 g/mol. The predicted octanol–water partition coefficient (Wildman–Crippen LogP) is 3.41. The second kappa shape index (κ2) is 5.54. The van der Waals surface area contributed by atoms with Gasteiger partial charge in [-0.15, -0.1) is 0 Å². The fourth-order valence-electron chi connectivity index (χ4n) is 1.47. The van der Waals surface area contributed by atoms with Crippen LogP contribution in [0.1, 0.15) is 5.89 Å².